The van der Waals surface area contributed by atoms with Crippen molar-refractivity contribution in [2.45, 2.75) is 64.6 Å². The SMILES string of the molecule is CNCC[C@](CCC1CC1)(CC(=O)c1cc2c(cnn2CC(C)(C)F)cc1Oc1ccc(F)cc1F)C(N)=O. The van der Waals surface area contributed by atoms with E-state index in [0.29, 0.717) is 42.3 Å². The number of amides is 1. The number of Topliss-reactive ketones (excluding diaryl/α,β-unsaturated/α-hetero) is 1. The van der Waals surface area contributed by atoms with Crippen molar-refractivity contribution in [3.05, 3.63) is 53.7 Å². The Morgan fingerprint density at radius 3 is 2.51 bits per heavy atom. The summed E-state index contributed by atoms with van der Waals surface area (Å²) in [6, 6.07) is 5.91. The molecule has 0 bridgehead atoms. The van der Waals surface area contributed by atoms with E-state index in [0.717, 1.165) is 31.4 Å². The van der Waals surface area contributed by atoms with Crippen LogP contribution >= 0.6 is 0 Å². The van der Waals surface area contributed by atoms with Gasteiger partial charge in [-0.3, -0.25) is 14.3 Å². The fourth-order valence-corrected chi connectivity index (χ4v) is 4.86. The third-order valence-corrected chi connectivity index (χ3v) is 7.29. The lowest BCUT2D eigenvalue weighted by atomic mass is 9.73. The minimum absolute atomic E-state index is 0.0197. The van der Waals surface area contributed by atoms with Crippen molar-refractivity contribution in [1.82, 2.24) is 15.1 Å². The molecule has 3 aromatic rings. The van der Waals surface area contributed by atoms with Crippen LogP contribution in [0.4, 0.5) is 13.2 Å². The summed E-state index contributed by atoms with van der Waals surface area (Å²) < 4.78 is 49.7. The second kappa shape index (κ2) is 11.4. The second-order valence-corrected chi connectivity index (χ2v) is 11.2. The first-order valence-corrected chi connectivity index (χ1v) is 13.2. The first-order chi connectivity index (χ1) is 18.4. The summed E-state index contributed by atoms with van der Waals surface area (Å²) in [7, 11) is 1.76. The predicted octanol–water partition coefficient (Wildman–Crippen LogP) is 5.70. The molecule has 39 heavy (non-hydrogen) atoms. The molecule has 1 aromatic heterocycles. The number of aromatic nitrogens is 2. The molecule has 1 aliphatic carbocycles. The monoisotopic (exact) mass is 544 g/mol. The van der Waals surface area contributed by atoms with Crippen molar-refractivity contribution < 1.29 is 27.5 Å². The lowest BCUT2D eigenvalue weighted by molar-refractivity contribution is -0.128. The van der Waals surface area contributed by atoms with Crippen LogP contribution < -0.4 is 15.8 Å². The number of nitrogens with zero attached hydrogens (tertiary/aromatic N) is 2. The fourth-order valence-electron chi connectivity index (χ4n) is 4.86. The van der Waals surface area contributed by atoms with Crippen molar-refractivity contribution in [2.24, 2.45) is 17.1 Å². The van der Waals surface area contributed by atoms with Crippen LogP contribution in [0.25, 0.3) is 10.9 Å². The number of halogens is 3. The van der Waals surface area contributed by atoms with E-state index in [1.807, 2.05) is 0 Å². The summed E-state index contributed by atoms with van der Waals surface area (Å²) in [5, 5.41) is 7.84. The largest absolute Gasteiger partial charge is 0.453 e. The first kappa shape index (κ1) is 28.6. The Balaban J connectivity index is 1.77. The number of fused-ring (bicyclic) bond motifs is 1. The summed E-state index contributed by atoms with van der Waals surface area (Å²) in [6.07, 6.45) is 5.16. The van der Waals surface area contributed by atoms with Crippen LogP contribution in [0.2, 0.25) is 0 Å². The smallest absolute Gasteiger partial charge is 0.224 e. The lowest BCUT2D eigenvalue weighted by Crippen LogP contribution is -2.41. The minimum atomic E-state index is -1.58. The Morgan fingerprint density at radius 2 is 1.90 bits per heavy atom. The average Bonchev–Trinajstić information content (AvgIpc) is 3.62. The van der Waals surface area contributed by atoms with Gasteiger partial charge in [-0.1, -0.05) is 12.8 Å². The van der Waals surface area contributed by atoms with Crippen molar-refractivity contribution >= 4 is 22.6 Å². The Kier molecular flexibility index (Phi) is 8.34. The number of rotatable bonds is 14. The van der Waals surface area contributed by atoms with Gasteiger partial charge < -0.3 is 15.8 Å². The maximum absolute atomic E-state index is 14.5. The van der Waals surface area contributed by atoms with Crippen molar-refractivity contribution in [1.29, 1.82) is 0 Å². The molecule has 1 fully saturated rings. The summed E-state index contributed by atoms with van der Waals surface area (Å²) in [6.45, 7) is 3.27. The molecule has 1 aliphatic rings. The number of carbonyl (C=O) groups excluding carboxylic acids is 2. The van der Waals surface area contributed by atoms with E-state index in [2.05, 4.69) is 10.4 Å². The molecule has 10 heteroatoms. The Labute approximate surface area is 225 Å². The molecule has 1 atom stereocenters. The van der Waals surface area contributed by atoms with Gasteiger partial charge in [0.2, 0.25) is 5.91 Å². The van der Waals surface area contributed by atoms with Gasteiger partial charge in [-0.05, 0) is 76.9 Å². The molecule has 0 radical (unpaired) electrons. The van der Waals surface area contributed by atoms with Gasteiger partial charge in [-0.25, -0.2) is 13.2 Å². The summed E-state index contributed by atoms with van der Waals surface area (Å²) in [5.41, 5.74) is 3.81. The maximum Gasteiger partial charge on any atom is 0.224 e. The van der Waals surface area contributed by atoms with Crippen molar-refractivity contribution in [3.8, 4) is 11.5 Å². The highest BCUT2D eigenvalue weighted by molar-refractivity contribution is 6.04. The van der Waals surface area contributed by atoms with E-state index in [1.54, 1.807) is 7.05 Å². The molecule has 1 saturated carbocycles. The molecule has 210 valence electrons. The fraction of sp³-hybridized carbons (Fsp3) is 0.483. The van der Waals surface area contributed by atoms with Gasteiger partial charge in [-0.2, -0.15) is 5.10 Å². The van der Waals surface area contributed by atoms with Crippen LogP contribution in [-0.4, -0.2) is 40.7 Å². The molecule has 0 unspecified atom stereocenters. The molecule has 1 heterocycles. The first-order valence-electron chi connectivity index (χ1n) is 13.2. The molecule has 7 nitrogen and oxygen atoms in total. The minimum Gasteiger partial charge on any atom is -0.453 e. The zero-order chi connectivity index (χ0) is 28.4. The standard InChI is InChI=1S/C29H35F3N4O3/c1-28(2,32)17-36-23-14-21(24(37)15-29(27(33)38,10-11-34-3)9-8-18-4-5-18)26(12-19(23)16-35-36)39-25-7-6-20(30)13-22(25)31/h6-7,12-14,16,18,34H,4-5,8-11,15,17H2,1-3H3,(H2,33,38)/t29-/m1/s1. The number of ketones is 1. The Bertz CT molecular complexity index is 1360. The number of carbonyl (C=O) groups is 2. The topological polar surface area (TPSA) is 99.2 Å². The highest BCUT2D eigenvalue weighted by Gasteiger charge is 2.40. The maximum atomic E-state index is 14.5. The van der Waals surface area contributed by atoms with Gasteiger partial charge in [0.1, 0.15) is 17.2 Å². The number of nitrogens with two attached hydrogens (primary N) is 1. The van der Waals surface area contributed by atoms with Crippen LogP contribution in [0.15, 0.2) is 36.5 Å². The highest BCUT2D eigenvalue weighted by atomic mass is 19.1. The van der Waals surface area contributed by atoms with Crippen LogP contribution in [0, 0.1) is 23.0 Å². The van der Waals surface area contributed by atoms with Gasteiger partial charge in [0.15, 0.2) is 17.3 Å². The normalized spacial score (nSPS) is 15.3. The number of primary amides is 1. The number of hydrogen-bond acceptors (Lipinski definition) is 5. The van der Waals surface area contributed by atoms with E-state index in [-0.39, 0.29) is 30.0 Å². The number of ether oxygens (including phenoxy) is 1. The van der Waals surface area contributed by atoms with Crippen LogP contribution in [-0.2, 0) is 11.3 Å². The number of nitrogens with one attached hydrogen (secondary N) is 1. The van der Waals surface area contributed by atoms with Crippen LogP contribution in [0.1, 0.15) is 62.7 Å². The number of alkyl halides is 1. The lowest BCUT2D eigenvalue weighted by Gasteiger charge is -2.30. The Hall–Kier alpha value is -3.40. The molecule has 1 amide bonds. The molecular formula is C29H35F3N4O3. The molecule has 4 rings (SSSR count). The van der Waals surface area contributed by atoms with Crippen molar-refractivity contribution in [3.63, 3.8) is 0 Å². The third-order valence-electron chi connectivity index (χ3n) is 7.29. The molecular weight excluding hydrogens is 509 g/mol. The van der Waals surface area contributed by atoms with Gasteiger partial charge in [0.05, 0.1) is 29.2 Å². The Morgan fingerprint density at radius 1 is 1.15 bits per heavy atom. The van der Waals surface area contributed by atoms with Gasteiger partial charge in [0.25, 0.3) is 0 Å². The van der Waals surface area contributed by atoms with Gasteiger partial charge >= 0.3 is 0 Å². The van der Waals surface area contributed by atoms with Crippen LogP contribution in [0.5, 0.6) is 11.5 Å². The molecule has 0 saturated heterocycles. The number of hydrogen-bond donors (Lipinski definition) is 2. The summed E-state index contributed by atoms with van der Waals surface area (Å²) >= 11 is 0. The average molecular weight is 545 g/mol. The summed E-state index contributed by atoms with van der Waals surface area (Å²) in [5.74, 6) is -2.40. The van der Waals surface area contributed by atoms with E-state index < -0.39 is 34.4 Å². The van der Waals surface area contributed by atoms with Crippen LogP contribution in [0.3, 0.4) is 0 Å². The van der Waals surface area contributed by atoms with Crippen molar-refractivity contribution in [2.75, 3.05) is 13.6 Å². The quantitative estimate of drug-likeness (QED) is 0.254. The molecule has 2 aromatic carbocycles. The van der Waals surface area contributed by atoms with E-state index in [1.165, 1.54) is 36.9 Å². The second-order valence-electron chi connectivity index (χ2n) is 11.2. The molecule has 3 N–H and O–H groups in total. The zero-order valence-electron chi connectivity index (χ0n) is 22.5. The predicted molar refractivity (Wildman–Crippen MR) is 142 cm³/mol. The zero-order valence-corrected chi connectivity index (χ0v) is 22.5. The highest BCUT2D eigenvalue weighted by Crippen LogP contribution is 2.42. The molecule has 0 spiro atoms. The third kappa shape index (κ3) is 6.98. The molecule has 0 aliphatic heterocycles. The van der Waals surface area contributed by atoms with Gasteiger partial charge in [-0.15, -0.1) is 0 Å². The van der Waals surface area contributed by atoms with E-state index >= 15 is 0 Å². The van der Waals surface area contributed by atoms with E-state index in [4.69, 9.17) is 10.5 Å². The van der Waals surface area contributed by atoms with Gasteiger partial charge in [0, 0.05) is 17.9 Å². The number of benzene rings is 2. The summed E-state index contributed by atoms with van der Waals surface area (Å²) in [4.78, 5) is 26.8. The van der Waals surface area contributed by atoms with E-state index in [9.17, 15) is 22.8 Å².